The molecule has 1 aliphatic heterocycles. The van der Waals surface area contributed by atoms with E-state index in [2.05, 4.69) is 9.47 Å². The van der Waals surface area contributed by atoms with Crippen LogP contribution >= 0.6 is 0 Å². The average molecular weight is 324 g/mol. The monoisotopic (exact) mass is 324 g/mol. The highest BCUT2D eigenvalue weighted by Gasteiger charge is 2.30. The highest BCUT2D eigenvalue weighted by Crippen LogP contribution is 2.23. The quantitative estimate of drug-likeness (QED) is 0.363. The molecule has 0 unspecified atom stereocenters. The first-order valence-corrected chi connectivity index (χ1v) is 6.71. The van der Waals surface area contributed by atoms with Gasteiger partial charge in [0.1, 0.15) is 0 Å². The van der Waals surface area contributed by atoms with Crippen molar-refractivity contribution in [2.75, 3.05) is 0 Å². The van der Waals surface area contributed by atoms with Crippen LogP contribution in [0, 0.1) is 0 Å². The summed E-state index contributed by atoms with van der Waals surface area (Å²) in [6, 6.07) is 9.57. The molecule has 2 aromatic rings. The van der Waals surface area contributed by atoms with Gasteiger partial charge in [-0.15, -0.1) is 0 Å². The molecule has 0 saturated heterocycles. The van der Waals surface area contributed by atoms with E-state index in [0.717, 1.165) is 0 Å². The number of hydrogen-bond acceptors (Lipinski definition) is 7. The Morgan fingerprint density at radius 1 is 0.875 bits per heavy atom. The van der Waals surface area contributed by atoms with Gasteiger partial charge in [0.2, 0.25) is 0 Å². The van der Waals surface area contributed by atoms with Gasteiger partial charge in [-0.05, 0) is 24.3 Å². The van der Waals surface area contributed by atoms with Crippen LogP contribution in [0.4, 0.5) is 0 Å². The van der Waals surface area contributed by atoms with Crippen molar-refractivity contribution < 1.29 is 33.4 Å². The van der Waals surface area contributed by atoms with Crippen molar-refractivity contribution in [1.29, 1.82) is 0 Å². The predicted octanol–water partition coefficient (Wildman–Crippen LogP) is 1.54. The molecule has 1 heterocycles. The summed E-state index contributed by atoms with van der Waals surface area (Å²) in [5.41, 5.74) is 0.459. The standard InChI is InChI=1S/C17H8O7/c18-8-23-15(20)11-3-1-2-9(6-11)14(19)10-4-5-12-13(7-10)17(22)24-16(12)21/h1-8H. The minimum atomic E-state index is -0.886. The second-order valence-corrected chi connectivity index (χ2v) is 4.85. The topological polar surface area (TPSA) is 104 Å². The van der Waals surface area contributed by atoms with E-state index in [1.807, 2.05) is 0 Å². The van der Waals surface area contributed by atoms with Gasteiger partial charge in [0.05, 0.1) is 16.7 Å². The molecular formula is C17H8O7. The Balaban J connectivity index is 1.96. The largest absolute Gasteiger partial charge is 0.392 e. The number of ether oxygens (including phenoxy) is 2. The highest BCUT2D eigenvalue weighted by molar-refractivity contribution is 6.17. The lowest BCUT2D eigenvalue weighted by Crippen LogP contribution is -2.07. The van der Waals surface area contributed by atoms with E-state index in [1.54, 1.807) is 0 Å². The Bertz CT molecular complexity index is 911. The molecule has 0 aliphatic carbocycles. The van der Waals surface area contributed by atoms with E-state index in [-0.39, 0.29) is 34.3 Å². The molecule has 118 valence electrons. The van der Waals surface area contributed by atoms with Gasteiger partial charge in [0, 0.05) is 11.1 Å². The van der Waals surface area contributed by atoms with Crippen LogP contribution in [-0.4, -0.2) is 30.2 Å². The molecule has 0 fully saturated rings. The van der Waals surface area contributed by atoms with Crippen LogP contribution in [0.15, 0.2) is 42.5 Å². The van der Waals surface area contributed by atoms with E-state index in [0.29, 0.717) is 0 Å². The summed E-state index contributed by atoms with van der Waals surface area (Å²) in [7, 11) is 0. The molecule has 0 aromatic heterocycles. The third kappa shape index (κ3) is 2.58. The fourth-order valence-electron chi connectivity index (χ4n) is 2.29. The normalized spacial score (nSPS) is 12.3. The first-order valence-electron chi connectivity index (χ1n) is 6.71. The van der Waals surface area contributed by atoms with E-state index in [1.165, 1.54) is 42.5 Å². The molecule has 24 heavy (non-hydrogen) atoms. The molecule has 7 heteroatoms. The van der Waals surface area contributed by atoms with Crippen molar-refractivity contribution in [3.63, 3.8) is 0 Å². The summed E-state index contributed by atoms with van der Waals surface area (Å²) >= 11 is 0. The van der Waals surface area contributed by atoms with Crippen LogP contribution in [0.1, 0.15) is 47.0 Å². The number of ketones is 1. The van der Waals surface area contributed by atoms with Crippen LogP contribution < -0.4 is 0 Å². The number of carbonyl (C=O) groups excluding carboxylic acids is 5. The maximum atomic E-state index is 12.5. The second-order valence-electron chi connectivity index (χ2n) is 4.85. The SMILES string of the molecule is O=COC(=O)c1cccc(C(=O)c2ccc3c(c2)C(=O)OC3=O)c1. The summed E-state index contributed by atoms with van der Waals surface area (Å²) in [6.07, 6.45) is 0. The molecule has 3 rings (SSSR count). The minimum Gasteiger partial charge on any atom is -0.392 e. The zero-order valence-electron chi connectivity index (χ0n) is 12.0. The summed E-state index contributed by atoms with van der Waals surface area (Å²) in [5.74, 6) is -2.92. The maximum absolute atomic E-state index is 12.5. The van der Waals surface area contributed by atoms with Crippen molar-refractivity contribution in [2.45, 2.75) is 0 Å². The Morgan fingerprint density at radius 3 is 2.29 bits per heavy atom. The van der Waals surface area contributed by atoms with Crippen LogP contribution in [-0.2, 0) is 14.3 Å². The number of benzene rings is 2. The van der Waals surface area contributed by atoms with Crippen molar-refractivity contribution in [3.05, 3.63) is 70.3 Å². The van der Waals surface area contributed by atoms with Gasteiger partial charge in [-0.2, -0.15) is 0 Å². The Kier molecular flexibility index (Phi) is 3.75. The summed E-state index contributed by atoms with van der Waals surface area (Å²) in [5, 5.41) is 0. The van der Waals surface area contributed by atoms with Crippen LogP contribution in [0.2, 0.25) is 0 Å². The van der Waals surface area contributed by atoms with E-state index < -0.39 is 23.7 Å². The molecule has 0 atom stereocenters. The van der Waals surface area contributed by atoms with Gasteiger partial charge in [0.25, 0.3) is 0 Å². The van der Waals surface area contributed by atoms with Gasteiger partial charge < -0.3 is 9.47 Å². The van der Waals surface area contributed by atoms with Gasteiger partial charge in [-0.25, -0.2) is 14.4 Å². The van der Waals surface area contributed by atoms with Crippen molar-refractivity contribution in [1.82, 2.24) is 0 Å². The molecular weight excluding hydrogens is 316 g/mol. The number of hydrogen-bond donors (Lipinski definition) is 0. The Labute approximate surface area is 134 Å². The van der Waals surface area contributed by atoms with E-state index >= 15 is 0 Å². The minimum absolute atomic E-state index is 0.0000512. The molecule has 0 N–H and O–H groups in total. The van der Waals surface area contributed by atoms with Crippen molar-refractivity contribution >= 4 is 30.2 Å². The Hall–Kier alpha value is -3.61. The van der Waals surface area contributed by atoms with Crippen LogP contribution in [0.25, 0.3) is 0 Å². The lowest BCUT2D eigenvalue weighted by atomic mass is 9.98. The summed E-state index contributed by atoms with van der Waals surface area (Å²) in [6.45, 7) is -0.0000512. The third-order valence-corrected chi connectivity index (χ3v) is 3.42. The average Bonchev–Trinajstić information content (AvgIpc) is 2.88. The van der Waals surface area contributed by atoms with Gasteiger partial charge >= 0.3 is 24.4 Å². The predicted molar refractivity (Wildman–Crippen MR) is 77.5 cm³/mol. The Morgan fingerprint density at radius 2 is 1.54 bits per heavy atom. The number of cyclic esters (lactones) is 2. The van der Waals surface area contributed by atoms with Gasteiger partial charge in [-0.1, -0.05) is 18.2 Å². The second kappa shape index (κ2) is 5.88. The zero-order valence-corrected chi connectivity index (χ0v) is 12.0. The summed E-state index contributed by atoms with van der Waals surface area (Å²) < 4.78 is 8.69. The lowest BCUT2D eigenvalue weighted by Gasteiger charge is -2.04. The summed E-state index contributed by atoms with van der Waals surface area (Å²) in [4.78, 5) is 57.2. The third-order valence-electron chi connectivity index (χ3n) is 3.42. The van der Waals surface area contributed by atoms with Crippen molar-refractivity contribution in [3.8, 4) is 0 Å². The van der Waals surface area contributed by atoms with Gasteiger partial charge in [0.15, 0.2) is 5.78 Å². The van der Waals surface area contributed by atoms with Crippen LogP contribution in [0.5, 0.6) is 0 Å². The molecule has 0 spiro atoms. The molecule has 7 nitrogen and oxygen atoms in total. The number of carbonyl (C=O) groups is 5. The molecule has 1 aliphatic rings. The first-order chi connectivity index (χ1) is 11.5. The first kappa shape index (κ1) is 15.3. The maximum Gasteiger partial charge on any atom is 0.346 e. The van der Waals surface area contributed by atoms with E-state index in [9.17, 15) is 24.0 Å². The zero-order chi connectivity index (χ0) is 17.3. The van der Waals surface area contributed by atoms with Crippen LogP contribution in [0.3, 0.4) is 0 Å². The lowest BCUT2D eigenvalue weighted by molar-refractivity contribution is -0.123. The molecule has 0 bridgehead atoms. The highest BCUT2D eigenvalue weighted by atomic mass is 16.6. The number of fused-ring (bicyclic) bond motifs is 1. The molecule has 0 radical (unpaired) electrons. The molecule has 0 amide bonds. The fourth-order valence-corrected chi connectivity index (χ4v) is 2.29. The smallest absolute Gasteiger partial charge is 0.346 e. The fraction of sp³-hybridized carbons (Fsp3) is 0. The van der Waals surface area contributed by atoms with Crippen molar-refractivity contribution in [2.24, 2.45) is 0 Å². The number of rotatable bonds is 4. The van der Waals surface area contributed by atoms with Gasteiger partial charge in [-0.3, -0.25) is 9.59 Å². The number of esters is 3. The molecule has 0 saturated carbocycles. The molecule has 2 aromatic carbocycles. The van der Waals surface area contributed by atoms with E-state index in [4.69, 9.17) is 0 Å².